The number of hydrogen-bond donors (Lipinski definition) is 2. The van der Waals surface area contributed by atoms with Crippen LogP contribution in [0.5, 0.6) is 0 Å². The van der Waals surface area contributed by atoms with Crippen molar-refractivity contribution in [3.05, 3.63) is 68.6 Å². The van der Waals surface area contributed by atoms with E-state index < -0.39 is 21.7 Å². The Bertz CT molecular complexity index is 1140. The molecular weight excluding hydrogens is 441 g/mol. The molecule has 0 saturated heterocycles. The first-order valence-corrected chi connectivity index (χ1v) is 10.9. The van der Waals surface area contributed by atoms with Crippen LogP contribution in [-0.2, 0) is 23.1 Å². The van der Waals surface area contributed by atoms with E-state index >= 15 is 0 Å². The molecule has 1 amide bonds. The second-order valence-corrected chi connectivity index (χ2v) is 9.33. The van der Waals surface area contributed by atoms with Crippen LogP contribution in [0.15, 0.2) is 41.4 Å². The first-order valence-electron chi connectivity index (χ1n) is 8.21. The van der Waals surface area contributed by atoms with Crippen LogP contribution >= 0.6 is 22.9 Å². The summed E-state index contributed by atoms with van der Waals surface area (Å²) < 4.78 is 40.0. The van der Waals surface area contributed by atoms with Gasteiger partial charge < -0.3 is 5.32 Å². The van der Waals surface area contributed by atoms with Crippen molar-refractivity contribution in [2.45, 2.75) is 24.9 Å². The summed E-state index contributed by atoms with van der Waals surface area (Å²) in [5, 5.41) is 11.0. The summed E-state index contributed by atoms with van der Waals surface area (Å²) in [5.41, 5.74) is 0.402. The Balaban J connectivity index is 1.58. The molecule has 0 aliphatic heterocycles. The van der Waals surface area contributed by atoms with Crippen LogP contribution < -0.4 is 10.0 Å². The Kier molecular flexibility index (Phi) is 6.52. The average molecular weight is 456 g/mol. The highest BCUT2D eigenvalue weighted by Gasteiger charge is 2.16. The highest BCUT2D eigenvalue weighted by Crippen LogP contribution is 2.19. The van der Waals surface area contributed by atoms with Gasteiger partial charge in [0.2, 0.25) is 10.0 Å². The molecule has 3 rings (SSSR count). The minimum absolute atomic E-state index is 0.100. The maximum Gasteiger partial charge on any atom is 0.272 e. The van der Waals surface area contributed by atoms with E-state index in [-0.39, 0.29) is 22.2 Å². The molecule has 0 unspecified atom stereocenters. The second kappa shape index (κ2) is 8.91. The van der Waals surface area contributed by atoms with E-state index in [2.05, 4.69) is 25.2 Å². The highest BCUT2D eigenvalue weighted by molar-refractivity contribution is 7.89. The van der Waals surface area contributed by atoms with E-state index in [1.54, 1.807) is 6.20 Å². The Morgan fingerprint density at radius 3 is 2.62 bits per heavy atom. The summed E-state index contributed by atoms with van der Waals surface area (Å²) in [4.78, 5) is 17.0. The van der Waals surface area contributed by atoms with Crippen molar-refractivity contribution in [3.63, 3.8) is 0 Å². The minimum Gasteiger partial charge on any atom is -0.346 e. The molecule has 2 N–H and O–H groups in total. The van der Waals surface area contributed by atoms with Crippen LogP contribution in [0.3, 0.4) is 0 Å². The van der Waals surface area contributed by atoms with Gasteiger partial charge in [-0.05, 0) is 37.3 Å². The lowest BCUT2D eigenvalue weighted by Gasteiger charge is -2.07. The fourth-order valence-corrected chi connectivity index (χ4v) is 4.22. The fourth-order valence-electron chi connectivity index (χ4n) is 2.22. The Labute approximate surface area is 175 Å². The van der Waals surface area contributed by atoms with Gasteiger partial charge in [0.05, 0.1) is 33.7 Å². The molecule has 8 nitrogen and oxygen atoms in total. The van der Waals surface area contributed by atoms with Gasteiger partial charge in [0.1, 0.15) is 5.82 Å². The number of sulfonamides is 1. The largest absolute Gasteiger partial charge is 0.346 e. The third-order valence-electron chi connectivity index (χ3n) is 3.69. The molecule has 29 heavy (non-hydrogen) atoms. The van der Waals surface area contributed by atoms with E-state index in [0.29, 0.717) is 12.2 Å². The quantitative estimate of drug-likeness (QED) is 0.565. The number of aryl methyl sites for hydroxylation is 1. The maximum absolute atomic E-state index is 13.2. The minimum atomic E-state index is -3.91. The number of hydrogen-bond acceptors (Lipinski definition) is 7. The Morgan fingerprint density at radius 1 is 1.21 bits per heavy atom. The summed E-state index contributed by atoms with van der Waals surface area (Å²) in [6.07, 6.45) is 1.69. The monoisotopic (exact) mass is 455 g/mol. The summed E-state index contributed by atoms with van der Waals surface area (Å²) in [5.74, 6) is -1.12. The average Bonchev–Trinajstić information content (AvgIpc) is 3.12. The molecule has 0 fully saturated rings. The van der Waals surface area contributed by atoms with E-state index in [9.17, 15) is 17.6 Å². The number of amides is 1. The SMILES string of the molecule is Cc1ncc(CNC(=O)c2ccc(CNS(=O)(=O)c3ccc(F)c(Cl)c3)nn2)s1. The summed E-state index contributed by atoms with van der Waals surface area (Å²) in [6.45, 7) is 2.04. The standard InChI is InChI=1S/C17H15ClFN5O3S2/c1-10-20-8-12(28-10)9-21-17(25)16-5-2-11(23-24-16)7-22-29(26,27)13-3-4-15(19)14(18)6-13/h2-6,8,22H,7,9H2,1H3,(H,21,25). The third kappa shape index (κ3) is 5.54. The van der Waals surface area contributed by atoms with Gasteiger partial charge in [-0.15, -0.1) is 16.4 Å². The number of carbonyl (C=O) groups excluding carboxylic acids is 1. The number of carbonyl (C=O) groups is 1. The molecule has 2 aromatic heterocycles. The Morgan fingerprint density at radius 2 is 2.00 bits per heavy atom. The van der Waals surface area contributed by atoms with Crippen molar-refractivity contribution in [1.29, 1.82) is 0 Å². The van der Waals surface area contributed by atoms with Crippen molar-refractivity contribution >= 4 is 38.9 Å². The number of thiazole rings is 1. The van der Waals surface area contributed by atoms with Gasteiger partial charge in [-0.1, -0.05) is 11.6 Å². The molecule has 1 aromatic carbocycles. The zero-order chi connectivity index (χ0) is 21.0. The summed E-state index contributed by atoms with van der Waals surface area (Å²) >= 11 is 7.10. The molecule has 0 aliphatic carbocycles. The van der Waals surface area contributed by atoms with E-state index in [1.807, 2.05) is 6.92 Å². The number of rotatable bonds is 7. The normalized spacial score (nSPS) is 11.4. The topological polar surface area (TPSA) is 114 Å². The van der Waals surface area contributed by atoms with E-state index in [4.69, 9.17) is 11.6 Å². The van der Waals surface area contributed by atoms with Crippen molar-refractivity contribution in [1.82, 2.24) is 25.2 Å². The summed E-state index contributed by atoms with van der Waals surface area (Å²) in [7, 11) is -3.91. The lowest BCUT2D eigenvalue weighted by Crippen LogP contribution is -2.25. The molecule has 0 saturated carbocycles. The van der Waals surface area contributed by atoms with Gasteiger partial charge in [-0.2, -0.15) is 5.10 Å². The van der Waals surface area contributed by atoms with Crippen molar-refractivity contribution < 1.29 is 17.6 Å². The number of aromatic nitrogens is 3. The first-order chi connectivity index (χ1) is 13.7. The van der Waals surface area contributed by atoms with Crippen LogP contribution in [0.25, 0.3) is 0 Å². The molecule has 3 aromatic rings. The van der Waals surface area contributed by atoms with Crippen LogP contribution in [0.2, 0.25) is 5.02 Å². The number of halogens is 2. The zero-order valence-electron chi connectivity index (χ0n) is 15.0. The molecule has 12 heteroatoms. The molecule has 0 radical (unpaired) electrons. The number of nitrogens with one attached hydrogen (secondary N) is 2. The number of benzene rings is 1. The van der Waals surface area contributed by atoms with Crippen molar-refractivity contribution in [2.24, 2.45) is 0 Å². The molecule has 2 heterocycles. The van der Waals surface area contributed by atoms with Crippen molar-refractivity contribution in [2.75, 3.05) is 0 Å². The second-order valence-electron chi connectivity index (χ2n) is 5.84. The van der Waals surface area contributed by atoms with Gasteiger partial charge in [-0.25, -0.2) is 22.5 Å². The lowest BCUT2D eigenvalue weighted by atomic mass is 10.3. The van der Waals surface area contributed by atoms with Gasteiger partial charge in [0, 0.05) is 11.1 Å². The molecular formula is C17H15ClFN5O3S2. The molecule has 0 atom stereocenters. The van der Waals surface area contributed by atoms with Crippen LogP contribution in [0.4, 0.5) is 4.39 Å². The molecule has 0 aliphatic rings. The van der Waals surface area contributed by atoms with Crippen LogP contribution in [-0.4, -0.2) is 29.5 Å². The van der Waals surface area contributed by atoms with Gasteiger partial charge in [-0.3, -0.25) is 4.79 Å². The van der Waals surface area contributed by atoms with Gasteiger partial charge >= 0.3 is 0 Å². The van der Waals surface area contributed by atoms with Gasteiger partial charge in [0.15, 0.2) is 5.69 Å². The predicted molar refractivity (Wildman–Crippen MR) is 105 cm³/mol. The van der Waals surface area contributed by atoms with E-state index in [0.717, 1.165) is 28.1 Å². The summed E-state index contributed by atoms with van der Waals surface area (Å²) in [6, 6.07) is 6.02. The van der Waals surface area contributed by atoms with Gasteiger partial charge in [0.25, 0.3) is 5.91 Å². The Hall–Kier alpha value is -2.47. The first kappa shape index (κ1) is 21.2. The molecule has 0 spiro atoms. The fraction of sp³-hybridized carbons (Fsp3) is 0.176. The smallest absolute Gasteiger partial charge is 0.272 e. The van der Waals surface area contributed by atoms with Crippen LogP contribution in [0.1, 0.15) is 26.1 Å². The zero-order valence-corrected chi connectivity index (χ0v) is 17.4. The highest BCUT2D eigenvalue weighted by atomic mass is 35.5. The maximum atomic E-state index is 13.2. The molecule has 152 valence electrons. The number of nitrogens with zero attached hydrogens (tertiary/aromatic N) is 3. The lowest BCUT2D eigenvalue weighted by molar-refractivity contribution is 0.0945. The van der Waals surface area contributed by atoms with Crippen LogP contribution in [0, 0.1) is 12.7 Å². The van der Waals surface area contributed by atoms with Crippen molar-refractivity contribution in [3.8, 4) is 0 Å². The molecule has 0 bridgehead atoms. The van der Waals surface area contributed by atoms with E-state index in [1.165, 1.54) is 23.5 Å². The predicted octanol–water partition coefficient (Wildman–Crippen LogP) is 2.44. The third-order valence-corrected chi connectivity index (χ3v) is 6.29.